The number of hydrogen-bond donors (Lipinski definition) is 0. The highest BCUT2D eigenvalue weighted by Crippen LogP contribution is 2.29. The van der Waals surface area contributed by atoms with E-state index < -0.39 is 0 Å². The molecule has 0 atom stereocenters. The standard InChI is InChI=1S/C21H13N5/c1-4-14(20-18(8-1)22-10-12-24-20)16-6-3-7-17(26-16)15-5-2-9-19-21(15)25-13-11-23-19/h1-13H. The molecule has 5 rings (SSSR count). The van der Waals surface area contributed by atoms with Crippen LogP contribution in [0.2, 0.25) is 0 Å². The molecule has 0 unspecified atom stereocenters. The van der Waals surface area contributed by atoms with E-state index in [-0.39, 0.29) is 0 Å². The summed E-state index contributed by atoms with van der Waals surface area (Å²) in [5.74, 6) is 0. The van der Waals surface area contributed by atoms with Crippen LogP contribution in [0.5, 0.6) is 0 Å². The van der Waals surface area contributed by atoms with Crippen LogP contribution < -0.4 is 0 Å². The van der Waals surface area contributed by atoms with E-state index in [0.29, 0.717) is 0 Å². The van der Waals surface area contributed by atoms with E-state index in [9.17, 15) is 0 Å². The largest absolute Gasteiger partial charge is 0.253 e. The number of benzene rings is 2. The third-order valence-corrected chi connectivity index (χ3v) is 4.30. The molecule has 0 saturated carbocycles. The number of para-hydroxylation sites is 2. The number of fused-ring (bicyclic) bond motifs is 2. The molecule has 0 fully saturated rings. The molecule has 0 N–H and O–H groups in total. The van der Waals surface area contributed by atoms with Crippen molar-refractivity contribution in [2.24, 2.45) is 0 Å². The normalized spacial score (nSPS) is 11.1. The Labute approximate surface area is 149 Å². The second-order valence-corrected chi connectivity index (χ2v) is 5.87. The van der Waals surface area contributed by atoms with Gasteiger partial charge in [-0.1, -0.05) is 30.3 Å². The highest BCUT2D eigenvalue weighted by atomic mass is 14.8. The number of aromatic nitrogens is 5. The predicted octanol–water partition coefficient (Wildman–Crippen LogP) is 4.30. The van der Waals surface area contributed by atoms with Gasteiger partial charge in [0.15, 0.2) is 0 Å². The van der Waals surface area contributed by atoms with Crippen LogP contribution >= 0.6 is 0 Å². The van der Waals surface area contributed by atoms with E-state index in [1.165, 1.54) is 0 Å². The van der Waals surface area contributed by atoms with Gasteiger partial charge in [-0.25, -0.2) is 4.98 Å². The minimum absolute atomic E-state index is 0.845. The number of rotatable bonds is 2. The Morgan fingerprint density at radius 1 is 0.462 bits per heavy atom. The van der Waals surface area contributed by atoms with E-state index in [0.717, 1.165) is 44.6 Å². The van der Waals surface area contributed by atoms with Crippen molar-refractivity contribution in [3.8, 4) is 22.5 Å². The van der Waals surface area contributed by atoms with Crippen LogP contribution in [-0.2, 0) is 0 Å². The molecule has 0 aliphatic heterocycles. The molecular weight excluding hydrogens is 322 g/mol. The molecule has 2 aromatic carbocycles. The van der Waals surface area contributed by atoms with E-state index in [1.54, 1.807) is 24.8 Å². The van der Waals surface area contributed by atoms with Crippen molar-refractivity contribution < 1.29 is 0 Å². The van der Waals surface area contributed by atoms with Gasteiger partial charge in [-0.05, 0) is 24.3 Å². The first-order valence-electron chi connectivity index (χ1n) is 8.27. The van der Waals surface area contributed by atoms with Crippen molar-refractivity contribution in [2.75, 3.05) is 0 Å². The average Bonchev–Trinajstić information content (AvgIpc) is 2.73. The quantitative estimate of drug-likeness (QED) is 0.481. The molecule has 5 heteroatoms. The van der Waals surface area contributed by atoms with Gasteiger partial charge in [0.05, 0.1) is 33.5 Å². The molecule has 26 heavy (non-hydrogen) atoms. The lowest BCUT2D eigenvalue weighted by molar-refractivity contribution is 1.27. The van der Waals surface area contributed by atoms with Gasteiger partial charge >= 0.3 is 0 Å². The molecule has 5 aromatic rings. The maximum atomic E-state index is 4.88. The first-order chi connectivity index (χ1) is 12.9. The second-order valence-electron chi connectivity index (χ2n) is 5.87. The Kier molecular flexibility index (Phi) is 3.35. The summed E-state index contributed by atoms with van der Waals surface area (Å²) in [6.45, 7) is 0. The van der Waals surface area contributed by atoms with E-state index in [1.807, 2.05) is 54.6 Å². The van der Waals surface area contributed by atoms with Crippen LogP contribution in [0.25, 0.3) is 44.6 Å². The summed E-state index contributed by atoms with van der Waals surface area (Å²) in [6, 6.07) is 17.9. The van der Waals surface area contributed by atoms with Crippen molar-refractivity contribution >= 4 is 22.1 Å². The summed E-state index contributed by atoms with van der Waals surface area (Å²) in [7, 11) is 0. The SMILES string of the molecule is c1cc(-c2cccc3nccnc23)nc(-c2cccc3nccnc23)c1. The van der Waals surface area contributed by atoms with Crippen LogP contribution in [0, 0.1) is 0 Å². The van der Waals surface area contributed by atoms with Gasteiger partial charge in [0.1, 0.15) is 0 Å². The van der Waals surface area contributed by atoms with Gasteiger partial charge < -0.3 is 0 Å². The Bertz CT molecular complexity index is 1140. The maximum Gasteiger partial charge on any atom is 0.0980 e. The topological polar surface area (TPSA) is 64.5 Å². The fourth-order valence-electron chi connectivity index (χ4n) is 3.13. The monoisotopic (exact) mass is 335 g/mol. The first kappa shape index (κ1) is 14.6. The van der Waals surface area contributed by atoms with Crippen LogP contribution in [0.1, 0.15) is 0 Å². The van der Waals surface area contributed by atoms with E-state index in [2.05, 4.69) is 19.9 Å². The molecule has 3 aromatic heterocycles. The van der Waals surface area contributed by atoms with E-state index >= 15 is 0 Å². The smallest absolute Gasteiger partial charge is 0.0980 e. The molecule has 0 radical (unpaired) electrons. The summed E-state index contributed by atoms with van der Waals surface area (Å²) in [5, 5.41) is 0. The minimum Gasteiger partial charge on any atom is -0.253 e. The summed E-state index contributed by atoms with van der Waals surface area (Å²) in [4.78, 5) is 22.6. The van der Waals surface area contributed by atoms with Crippen molar-refractivity contribution in [3.05, 3.63) is 79.4 Å². The lowest BCUT2D eigenvalue weighted by atomic mass is 10.1. The number of hydrogen-bond acceptors (Lipinski definition) is 5. The average molecular weight is 335 g/mol. The zero-order valence-corrected chi connectivity index (χ0v) is 13.7. The van der Waals surface area contributed by atoms with Crippen LogP contribution in [0.15, 0.2) is 79.4 Å². The Morgan fingerprint density at radius 2 is 0.923 bits per heavy atom. The maximum absolute atomic E-state index is 4.88. The van der Waals surface area contributed by atoms with Crippen LogP contribution in [-0.4, -0.2) is 24.9 Å². The van der Waals surface area contributed by atoms with Crippen LogP contribution in [0.3, 0.4) is 0 Å². The zero-order chi connectivity index (χ0) is 17.3. The van der Waals surface area contributed by atoms with Gasteiger partial charge in [0, 0.05) is 35.9 Å². The summed E-state index contributed by atoms with van der Waals surface area (Å²) >= 11 is 0. The molecule has 0 spiro atoms. The third-order valence-electron chi connectivity index (χ3n) is 4.30. The van der Waals surface area contributed by atoms with E-state index in [4.69, 9.17) is 4.98 Å². The van der Waals surface area contributed by atoms with Gasteiger partial charge in [0.25, 0.3) is 0 Å². The van der Waals surface area contributed by atoms with Crippen LogP contribution in [0.4, 0.5) is 0 Å². The lowest BCUT2D eigenvalue weighted by Crippen LogP contribution is -1.93. The molecule has 0 aliphatic rings. The summed E-state index contributed by atoms with van der Waals surface area (Å²) < 4.78 is 0. The number of nitrogens with zero attached hydrogens (tertiary/aromatic N) is 5. The van der Waals surface area contributed by atoms with Crippen molar-refractivity contribution in [2.45, 2.75) is 0 Å². The number of pyridine rings is 1. The molecular formula is C21H13N5. The highest BCUT2D eigenvalue weighted by Gasteiger charge is 2.10. The molecule has 0 bridgehead atoms. The fraction of sp³-hybridized carbons (Fsp3) is 0. The first-order valence-corrected chi connectivity index (χ1v) is 8.27. The molecule has 0 saturated heterocycles. The molecule has 122 valence electrons. The van der Waals surface area contributed by atoms with Crippen molar-refractivity contribution in [1.82, 2.24) is 24.9 Å². The van der Waals surface area contributed by atoms with Gasteiger partial charge in [-0.2, -0.15) is 0 Å². The third kappa shape index (κ3) is 2.38. The van der Waals surface area contributed by atoms with Gasteiger partial charge in [-0.3, -0.25) is 19.9 Å². The van der Waals surface area contributed by atoms with Crippen molar-refractivity contribution in [3.63, 3.8) is 0 Å². The minimum atomic E-state index is 0.845. The zero-order valence-electron chi connectivity index (χ0n) is 13.7. The highest BCUT2D eigenvalue weighted by molar-refractivity contribution is 5.92. The summed E-state index contributed by atoms with van der Waals surface area (Å²) in [6.07, 6.45) is 6.81. The lowest BCUT2D eigenvalue weighted by Gasteiger charge is -2.08. The Hall–Kier alpha value is -3.73. The Morgan fingerprint density at radius 3 is 1.46 bits per heavy atom. The summed E-state index contributed by atoms with van der Waals surface area (Å²) in [5.41, 5.74) is 7.03. The second kappa shape index (κ2) is 5.97. The molecule has 0 amide bonds. The fourth-order valence-corrected chi connectivity index (χ4v) is 3.13. The molecule has 3 heterocycles. The molecule has 0 aliphatic carbocycles. The predicted molar refractivity (Wildman–Crippen MR) is 101 cm³/mol. The van der Waals surface area contributed by atoms with Crippen molar-refractivity contribution in [1.29, 1.82) is 0 Å². The van der Waals surface area contributed by atoms with Gasteiger partial charge in [0.2, 0.25) is 0 Å². The molecule has 5 nitrogen and oxygen atoms in total. The van der Waals surface area contributed by atoms with Gasteiger partial charge in [-0.15, -0.1) is 0 Å². The Balaban J connectivity index is 1.72.